The summed E-state index contributed by atoms with van der Waals surface area (Å²) in [6.45, 7) is 8.78. The van der Waals surface area contributed by atoms with Gasteiger partial charge in [0.1, 0.15) is 5.82 Å². The summed E-state index contributed by atoms with van der Waals surface area (Å²) in [5, 5.41) is 7.25. The second kappa shape index (κ2) is 2.56. The number of hydrogen-bond donors (Lipinski definition) is 1. The van der Waals surface area contributed by atoms with E-state index in [0.717, 1.165) is 11.6 Å². The van der Waals surface area contributed by atoms with Crippen molar-refractivity contribution >= 4 is 0 Å². The molecule has 1 atom stereocenters. The van der Waals surface area contributed by atoms with E-state index in [1.165, 1.54) is 6.42 Å². The lowest BCUT2D eigenvalue weighted by Gasteiger charge is -1.98. The van der Waals surface area contributed by atoms with Crippen molar-refractivity contribution in [3.63, 3.8) is 0 Å². The van der Waals surface area contributed by atoms with Gasteiger partial charge in [-0.1, -0.05) is 27.7 Å². The van der Waals surface area contributed by atoms with E-state index in [4.69, 9.17) is 0 Å². The van der Waals surface area contributed by atoms with Crippen molar-refractivity contribution in [3.8, 4) is 0 Å². The summed E-state index contributed by atoms with van der Waals surface area (Å²) in [6, 6.07) is 0. The van der Waals surface area contributed by atoms with Crippen LogP contribution in [0.5, 0.6) is 0 Å². The van der Waals surface area contributed by atoms with Gasteiger partial charge in [-0.25, -0.2) is 4.98 Å². The summed E-state index contributed by atoms with van der Waals surface area (Å²) in [5.74, 6) is 3.05. The minimum absolute atomic E-state index is 0.423. The van der Waals surface area contributed by atoms with E-state index in [-0.39, 0.29) is 0 Å². The molecule has 0 saturated heterocycles. The molecule has 0 spiro atoms. The molecule has 1 aromatic heterocycles. The summed E-state index contributed by atoms with van der Waals surface area (Å²) in [6.07, 6.45) is 1.24. The highest BCUT2D eigenvalue weighted by Gasteiger charge is 2.48. The minimum Gasteiger partial charge on any atom is -0.263 e. The first-order valence-electron chi connectivity index (χ1n) is 4.93. The Kier molecular flexibility index (Phi) is 1.72. The van der Waals surface area contributed by atoms with Crippen molar-refractivity contribution in [2.45, 2.75) is 46.0 Å². The van der Waals surface area contributed by atoms with Crippen molar-refractivity contribution in [1.82, 2.24) is 15.2 Å². The van der Waals surface area contributed by atoms with Gasteiger partial charge < -0.3 is 0 Å². The predicted octanol–water partition coefficient (Wildman–Crippen LogP) is 2.44. The fourth-order valence-corrected chi connectivity index (χ4v) is 1.64. The SMILES string of the molecule is CC(C)c1n[nH]c(C2CC2(C)C)n1. The van der Waals surface area contributed by atoms with Gasteiger partial charge in [0.15, 0.2) is 5.82 Å². The van der Waals surface area contributed by atoms with E-state index < -0.39 is 0 Å². The number of aromatic nitrogens is 3. The lowest BCUT2D eigenvalue weighted by atomic mass is 10.1. The van der Waals surface area contributed by atoms with Gasteiger partial charge in [-0.05, 0) is 11.8 Å². The molecule has 0 aromatic carbocycles. The number of H-pyrrole nitrogens is 1. The Morgan fingerprint density at radius 3 is 2.46 bits per heavy atom. The molecule has 1 aliphatic rings. The van der Waals surface area contributed by atoms with Gasteiger partial charge in [0.05, 0.1) is 0 Å². The van der Waals surface area contributed by atoms with Crippen molar-refractivity contribution < 1.29 is 0 Å². The first-order valence-corrected chi connectivity index (χ1v) is 4.93. The lowest BCUT2D eigenvalue weighted by Crippen LogP contribution is -1.93. The molecular formula is C10H17N3. The third kappa shape index (κ3) is 1.47. The Morgan fingerprint density at radius 2 is 2.08 bits per heavy atom. The quantitative estimate of drug-likeness (QED) is 0.757. The number of nitrogens with one attached hydrogen (secondary N) is 1. The van der Waals surface area contributed by atoms with E-state index in [0.29, 0.717) is 17.3 Å². The van der Waals surface area contributed by atoms with Crippen molar-refractivity contribution in [2.75, 3.05) is 0 Å². The van der Waals surface area contributed by atoms with Crippen molar-refractivity contribution in [3.05, 3.63) is 11.6 Å². The van der Waals surface area contributed by atoms with Crippen LogP contribution in [0.4, 0.5) is 0 Å². The molecule has 1 N–H and O–H groups in total. The van der Waals surface area contributed by atoms with Crippen LogP contribution in [0, 0.1) is 5.41 Å². The maximum atomic E-state index is 4.50. The number of rotatable bonds is 2. The normalized spacial score (nSPS) is 25.2. The highest BCUT2D eigenvalue weighted by molar-refractivity contribution is 5.15. The molecule has 3 heteroatoms. The zero-order valence-corrected chi connectivity index (χ0v) is 8.76. The second-order valence-corrected chi connectivity index (χ2v) is 4.98. The van der Waals surface area contributed by atoms with Crippen LogP contribution in [0.2, 0.25) is 0 Å². The summed E-state index contributed by atoms with van der Waals surface area (Å²) >= 11 is 0. The second-order valence-electron chi connectivity index (χ2n) is 4.98. The van der Waals surface area contributed by atoms with Gasteiger partial charge in [0.25, 0.3) is 0 Å². The largest absolute Gasteiger partial charge is 0.263 e. The zero-order valence-electron chi connectivity index (χ0n) is 8.76. The van der Waals surface area contributed by atoms with E-state index >= 15 is 0 Å². The highest BCUT2D eigenvalue weighted by atomic mass is 15.2. The molecule has 1 heterocycles. The molecule has 0 radical (unpaired) electrons. The maximum Gasteiger partial charge on any atom is 0.153 e. The van der Waals surface area contributed by atoms with Gasteiger partial charge in [-0.2, -0.15) is 5.10 Å². The van der Waals surface area contributed by atoms with Crippen LogP contribution >= 0.6 is 0 Å². The molecule has 0 bridgehead atoms. The van der Waals surface area contributed by atoms with Gasteiger partial charge >= 0.3 is 0 Å². The van der Waals surface area contributed by atoms with Crippen LogP contribution in [-0.4, -0.2) is 15.2 Å². The van der Waals surface area contributed by atoms with Crippen LogP contribution in [0.15, 0.2) is 0 Å². The van der Waals surface area contributed by atoms with Crippen LogP contribution < -0.4 is 0 Å². The molecule has 0 amide bonds. The Labute approximate surface area is 79.0 Å². The summed E-state index contributed by atoms with van der Waals surface area (Å²) in [5.41, 5.74) is 0.438. The molecule has 1 saturated carbocycles. The third-order valence-corrected chi connectivity index (χ3v) is 2.88. The standard InChI is InChI=1S/C10H17N3/c1-6(2)8-11-9(13-12-8)7-5-10(7,3)4/h6-7H,5H2,1-4H3,(H,11,12,13). The van der Waals surface area contributed by atoms with E-state index in [1.54, 1.807) is 0 Å². The molecule has 72 valence electrons. The zero-order chi connectivity index (χ0) is 9.64. The number of hydrogen-bond acceptors (Lipinski definition) is 2. The maximum absolute atomic E-state index is 4.50. The van der Waals surface area contributed by atoms with Crippen LogP contribution in [0.3, 0.4) is 0 Å². The highest BCUT2D eigenvalue weighted by Crippen LogP contribution is 2.57. The molecule has 1 aromatic rings. The first kappa shape index (κ1) is 8.73. The Balaban J connectivity index is 2.16. The molecule has 1 unspecified atom stereocenters. The fraction of sp³-hybridized carbons (Fsp3) is 0.800. The molecular weight excluding hydrogens is 162 g/mol. The minimum atomic E-state index is 0.423. The van der Waals surface area contributed by atoms with Gasteiger partial charge in [-0.15, -0.1) is 0 Å². The summed E-state index contributed by atoms with van der Waals surface area (Å²) < 4.78 is 0. The van der Waals surface area contributed by atoms with Crippen LogP contribution in [-0.2, 0) is 0 Å². The average Bonchev–Trinajstić information content (AvgIpc) is 2.50. The molecule has 2 rings (SSSR count). The monoisotopic (exact) mass is 179 g/mol. The molecule has 0 aliphatic heterocycles. The fourth-order valence-electron chi connectivity index (χ4n) is 1.64. The Morgan fingerprint density at radius 1 is 1.46 bits per heavy atom. The van der Waals surface area contributed by atoms with E-state index in [9.17, 15) is 0 Å². The Hall–Kier alpha value is -0.860. The summed E-state index contributed by atoms with van der Waals surface area (Å²) in [4.78, 5) is 4.50. The van der Waals surface area contributed by atoms with Gasteiger partial charge in [0.2, 0.25) is 0 Å². The molecule has 1 fully saturated rings. The molecule has 3 nitrogen and oxygen atoms in total. The van der Waals surface area contributed by atoms with Gasteiger partial charge in [-0.3, -0.25) is 5.10 Å². The summed E-state index contributed by atoms with van der Waals surface area (Å²) in [7, 11) is 0. The van der Waals surface area contributed by atoms with Crippen molar-refractivity contribution in [2.24, 2.45) is 5.41 Å². The van der Waals surface area contributed by atoms with Crippen LogP contribution in [0.1, 0.15) is 57.6 Å². The topological polar surface area (TPSA) is 41.6 Å². The third-order valence-electron chi connectivity index (χ3n) is 2.88. The van der Waals surface area contributed by atoms with Crippen molar-refractivity contribution in [1.29, 1.82) is 0 Å². The Bertz CT molecular complexity index is 312. The number of nitrogens with zero attached hydrogens (tertiary/aromatic N) is 2. The van der Waals surface area contributed by atoms with Gasteiger partial charge in [0, 0.05) is 11.8 Å². The first-order chi connectivity index (χ1) is 6.00. The predicted molar refractivity (Wildman–Crippen MR) is 51.6 cm³/mol. The average molecular weight is 179 g/mol. The van der Waals surface area contributed by atoms with E-state index in [2.05, 4.69) is 42.9 Å². The lowest BCUT2D eigenvalue weighted by molar-refractivity contribution is 0.609. The molecule has 1 aliphatic carbocycles. The van der Waals surface area contributed by atoms with Crippen LogP contribution in [0.25, 0.3) is 0 Å². The molecule has 13 heavy (non-hydrogen) atoms. The smallest absolute Gasteiger partial charge is 0.153 e. The van der Waals surface area contributed by atoms with E-state index in [1.807, 2.05) is 0 Å². The number of aromatic amines is 1.